The van der Waals surface area contributed by atoms with E-state index in [1.165, 1.54) is 17.0 Å². The summed E-state index contributed by atoms with van der Waals surface area (Å²) in [6.45, 7) is 6.93. The van der Waals surface area contributed by atoms with Gasteiger partial charge in [-0.15, -0.1) is 0 Å². The summed E-state index contributed by atoms with van der Waals surface area (Å²) in [4.78, 5) is 38.3. The minimum Gasteiger partial charge on any atom is -0.511 e. The number of phenols is 1. The Morgan fingerprint density at radius 2 is 1.83 bits per heavy atom. The first-order valence-electron chi connectivity index (χ1n) is 9.50. The summed E-state index contributed by atoms with van der Waals surface area (Å²) >= 11 is 0. The fourth-order valence-electron chi connectivity index (χ4n) is 2.71. The van der Waals surface area contributed by atoms with Gasteiger partial charge in [0.05, 0.1) is 6.61 Å². The summed E-state index contributed by atoms with van der Waals surface area (Å²) in [7, 11) is -1.33. The molecule has 29 heavy (non-hydrogen) atoms. The van der Waals surface area contributed by atoms with Crippen LogP contribution >= 0.6 is 0 Å². The molecule has 0 unspecified atom stereocenters. The molecule has 0 spiro atoms. The minimum atomic E-state index is -1.33. The molecule has 1 heterocycles. The Labute approximate surface area is 171 Å². The van der Waals surface area contributed by atoms with Crippen molar-refractivity contribution in [3.8, 4) is 5.75 Å². The lowest BCUT2D eigenvalue weighted by Crippen LogP contribution is -2.43. The van der Waals surface area contributed by atoms with Gasteiger partial charge < -0.3 is 25.2 Å². The molecule has 0 aromatic heterocycles. The number of benzene rings is 1. The van der Waals surface area contributed by atoms with Crippen molar-refractivity contribution < 1.29 is 29.3 Å². The molecule has 0 bridgehead atoms. The quantitative estimate of drug-likeness (QED) is 0.336. The van der Waals surface area contributed by atoms with E-state index >= 15 is 0 Å². The number of aliphatic hydroxyl groups is 1. The van der Waals surface area contributed by atoms with Crippen LogP contribution in [0.25, 0.3) is 0 Å². The molecule has 0 aliphatic carbocycles. The van der Waals surface area contributed by atoms with Gasteiger partial charge in [0.2, 0.25) is 0 Å². The molecule has 8 nitrogen and oxygen atoms in total. The largest absolute Gasteiger partial charge is 0.511 e. The number of phenolic OH excluding ortho intramolecular Hbond substituents is 1. The third-order valence-electron chi connectivity index (χ3n) is 4.45. The lowest BCUT2D eigenvalue weighted by Gasteiger charge is -2.28. The average molecular weight is 421 g/mol. The number of rotatable bonds is 8. The first-order chi connectivity index (χ1) is 13.6. The predicted molar refractivity (Wildman–Crippen MR) is 110 cm³/mol. The number of aliphatic hydroxyl groups excluding tert-OH is 1. The van der Waals surface area contributed by atoms with E-state index in [9.17, 15) is 24.6 Å². The standard InChI is InChI=1S/C20H28N2O6Si/c1-29(2,3)11-10-28-17(25)12-21-19(26)18-16(24)8-9-22(20(18)27)13-14-4-6-15(23)7-5-14/h4-7,23-24H,8-13H2,1-3H3,(H,21,26). The highest BCUT2D eigenvalue weighted by atomic mass is 28.3. The number of esters is 1. The second kappa shape index (κ2) is 9.60. The zero-order chi connectivity index (χ0) is 21.6. The molecule has 2 rings (SSSR count). The maximum Gasteiger partial charge on any atom is 0.325 e. The van der Waals surface area contributed by atoms with Crippen molar-refractivity contribution in [2.75, 3.05) is 19.7 Å². The number of nitrogens with one attached hydrogen (secondary N) is 1. The first-order valence-corrected chi connectivity index (χ1v) is 13.2. The van der Waals surface area contributed by atoms with Gasteiger partial charge in [-0.25, -0.2) is 0 Å². The first kappa shape index (κ1) is 22.5. The molecule has 0 saturated heterocycles. The summed E-state index contributed by atoms with van der Waals surface area (Å²) in [6, 6.07) is 7.20. The number of amides is 2. The molecule has 0 atom stereocenters. The lowest BCUT2D eigenvalue weighted by atomic mass is 10.0. The average Bonchev–Trinajstić information content (AvgIpc) is 2.63. The van der Waals surface area contributed by atoms with E-state index in [1.54, 1.807) is 12.1 Å². The summed E-state index contributed by atoms with van der Waals surface area (Å²) in [5, 5.41) is 21.8. The molecule has 0 radical (unpaired) electrons. The van der Waals surface area contributed by atoms with Crippen molar-refractivity contribution in [2.45, 2.75) is 38.7 Å². The van der Waals surface area contributed by atoms with Crippen molar-refractivity contribution in [3.05, 3.63) is 41.2 Å². The smallest absolute Gasteiger partial charge is 0.325 e. The Morgan fingerprint density at radius 3 is 2.45 bits per heavy atom. The SMILES string of the molecule is C[Si](C)(C)CCOC(=O)CNC(=O)C1=C(O)CCN(Cc2ccc(O)cc2)C1=O. The molecule has 1 aliphatic heterocycles. The normalized spacial score (nSPS) is 14.7. The van der Waals surface area contributed by atoms with Gasteiger partial charge in [-0.05, 0) is 23.7 Å². The van der Waals surface area contributed by atoms with Crippen LogP contribution < -0.4 is 5.32 Å². The summed E-state index contributed by atoms with van der Waals surface area (Å²) in [5.41, 5.74) is 0.424. The second-order valence-corrected chi connectivity index (χ2v) is 13.8. The van der Waals surface area contributed by atoms with E-state index < -0.39 is 25.9 Å². The molecular formula is C20H28N2O6Si. The molecule has 2 amide bonds. The molecular weight excluding hydrogens is 392 g/mol. The molecule has 1 aromatic rings. The molecule has 3 N–H and O–H groups in total. The number of nitrogens with zero attached hydrogens (tertiary/aromatic N) is 1. The number of ether oxygens (including phenoxy) is 1. The van der Waals surface area contributed by atoms with E-state index in [0.29, 0.717) is 6.61 Å². The van der Waals surface area contributed by atoms with Crippen LogP contribution in [0.2, 0.25) is 25.7 Å². The van der Waals surface area contributed by atoms with Gasteiger partial charge in [0, 0.05) is 27.6 Å². The minimum absolute atomic E-state index is 0.119. The van der Waals surface area contributed by atoms with Gasteiger partial charge in [0.25, 0.3) is 11.8 Å². The Kier molecular flexibility index (Phi) is 7.44. The number of carbonyl (C=O) groups excluding carboxylic acids is 3. The molecule has 0 fully saturated rings. The van der Waals surface area contributed by atoms with Crippen LogP contribution in [0.3, 0.4) is 0 Å². The third-order valence-corrected chi connectivity index (χ3v) is 6.16. The van der Waals surface area contributed by atoms with Crippen LogP contribution in [0, 0.1) is 0 Å². The Hall–Kier alpha value is -2.81. The van der Waals surface area contributed by atoms with E-state index in [-0.39, 0.29) is 43.1 Å². The van der Waals surface area contributed by atoms with Gasteiger partial charge in [-0.3, -0.25) is 14.4 Å². The highest BCUT2D eigenvalue weighted by Crippen LogP contribution is 2.20. The van der Waals surface area contributed by atoms with E-state index in [1.807, 2.05) is 0 Å². The Morgan fingerprint density at radius 1 is 1.17 bits per heavy atom. The number of hydrogen-bond donors (Lipinski definition) is 3. The monoisotopic (exact) mass is 420 g/mol. The highest BCUT2D eigenvalue weighted by Gasteiger charge is 2.32. The molecule has 1 aromatic carbocycles. The second-order valence-electron chi connectivity index (χ2n) is 8.18. The number of hydrogen-bond acceptors (Lipinski definition) is 6. The van der Waals surface area contributed by atoms with Crippen LogP contribution in [-0.4, -0.2) is 60.7 Å². The van der Waals surface area contributed by atoms with Gasteiger partial charge in [0.1, 0.15) is 23.6 Å². The van der Waals surface area contributed by atoms with Crippen LogP contribution in [0.4, 0.5) is 0 Å². The summed E-state index contributed by atoms with van der Waals surface area (Å²) < 4.78 is 5.11. The van der Waals surface area contributed by atoms with E-state index in [4.69, 9.17) is 4.74 Å². The van der Waals surface area contributed by atoms with Crippen LogP contribution in [0.5, 0.6) is 5.75 Å². The van der Waals surface area contributed by atoms with Gasteiger partial charge >= 0.3 is 5.97 Å². The van der Waals surface area contributed by atoms with Crippen LogP contribution in [0.15, 0.2) is 35.6 Å². The van der Waals surface area contributed by atoms with Gasteiger partial charge in [0.15, 0.2) is 0 Å². The van der Waals surface area contributed by atoms with E-state index in [0.717, 1.165) is 11.6 Å². The fourth-order valence-corrected chi connectivity index (χ4v) is 3.43. The number of carbonyl (C=O) groups is 3. The Bertz CT molecular complexity index is 798. The van der Waals surface area contributed by atoms with Gasteiger partial charge in [-0.1, -0.05) is 31.8 Å². The maximum absolute atomic E-state index is 12.7. The van der Waals surface area contributed by atoms with Crippen molar-refractivity contribution in [3.63, 3.8) is 0 Å². The maximum atomic E-state index is 12.7. The molecule has 0 saturated carbocycles. The lowest BCUT2D eigenvalue weighted by molar-refractivity contribution is -0.143. The molecule has 9 heteroatoms. The molecule has 158 valence electrons. The van der Waals surface area contributed by atoms with Gasteiger partial charge in [-0.2, -0.15) is 0 Å². The Balaban J connectivity index is 1.91. The van der Waals surface area contributed by atoms with Crippen molar-refractivity contribution >= 4 is 25.9 Å². The predicted octanol–water partition coefficient (Wildman–Crippen LogP) is 1.93. The third kappa shape index (κ3) is 6.94. The summed E-state index contributed by atoms with van der Waals surface area (Å²) in [6.07, 6.45) is 0.146. The van der Waals surface area contributed by atoms with Crippen molar-refractivity contribution in [1.29, 1.82) is 0 Å². The van der Waals surface area contributed by atoms with Crippen molar-refractivity contribution in [1.82, 2.24) is 10.2 Å². The van der Waals surface area contributed by atoms with Crippen LogP contribution in [0.1, 0.15) is 12.0 Å². The van der Waals surface area contributed by atoms with Crippen molar-refractivity contribution in [2.24, 2.45) is 0 Å². The van der Waals surface area contributed by atoms with E-state index in [2.05, 4.69) is 25.0 Å². The van der Waals surface area contributed by atoms with Crippen LogP contribution in [-0.2, 0) is 25.7 Å². The summed E-state index contributed by atoms with van der Waals surface area (Å²) in [5.74, 6) is -2.16. The number of aromatic hydroxyl groups is 1. The topological polar surface area (TPSA) is 116 Å². The highest BCUT2D eigenvalue weighted by molar-refractivity contribution is 6.76. The molecule has 1 aliphatic rings. The zero-order valence-electron chi connectivity index (χ0n) is 17.0. The zero-order valence-corrected chi connectivity index (χ0v) is 18.0. The fraction of sp³-hybridized carbons (Fsp3) is 0.450.